The number of rotatable bonds is 6. The average molecular weight is 242 g/mol. The summed E-state index contributed by atoms with van der Waals surface area (Å²) in [7, 11) is 0. The first-order valence-corrected chi connectivity index (χ1v) is 6.35. The summed E-state index contributed by atoms with van der Waals surface area (Å²) >= 11 is 0. The number of urea groups is 1. The summed E-state index contributed by atoms with van der Waals surface area (Å²) in [5, 5.41) is 14.0. The lowest BCUT2D eigenvalue weighted by Gasteiger charge is -2.20. The number of amides is 2. The number of nitrogens with one attached hydrogen (secondary N) is 2. The second kappa shape index (κ2) is 7.14. The van der Waals surface area contributed by atoms with Crippen molar-refractivity contribution in [2.75, 3.05) is 6.54 Å². The second-order valence-corrected chi connectivity index (χ2v) is 4.73. The third-order valence-corrected chi connectivity index (χ3v) is 3.32. The van der Waals surface area contributed by atoms with Crippen LogP contribution in [-0.4, -0.2) is 29.7 Å². The predicted molar refractivity (Wildman–Crippen MR) is 64.8 cm³/mol. The normalized spacial score (nSPS) is 17.7. The lowest BCUT2D eigenvalue weighted by Crippen LogP contribution is -2.43. The van der Waals surface area contributed by atoms with Gasteiger partial charge in [-0.1, -0.05) is 12.8 Å². The molecule has 0 radical (unpaired) electrons. The van der Waals surface area contributed by atoms with Crippen LogP contribution in [0.5, 0.6) is 0 Å². The Kier molecular flexibility index (Phi) is 5.80. The summed E-state index contributed by atoms with van der Waals surface area (Å²) < 4.78 is 0. The highest BCUT2D eigenvalue weighted by molar-refractivity contribution is 5.74. The highest BCUT2D eigenvalue weighted by atomic mass is 16.4. The minimum atomic E-state index is -0.827. The van der Waals surface area contributed by atoms with E-state index in [-0.39, 0.29) is 18.5 Å². The molecule has 0 aliphatic heterocycles. The van der Waals surface area contributed by atoms with Gasteiger partial charge in [-0.05, 0) is 32.1 Å². The van der Waals surface area contributed by atoms with Gasteiger partial charge in [0.15, 0.2) is 0 Å². The van der Waals surface area contributed by atoms with Crippen molar-refractivity contribution >= 4 is 12.0 Å². The molecule has 17 heavy (non-hydrogen) atoms. The number of carbonyl (C=O) groups excluding carboxylic acids is 1. The van der Waals surface area contributed by atoms with Crippen molar-refractivity contribution in [1.29, 1.82) is 0 Å². The fourth-order valence-electron chi connectivity index (χ4n) is 2.27. The van der Waals surface area contributed by atoms with Crippen LogP contribution in [0, 0.1) is 5.92 Å². The van der Waals surface area contributed by atoms with E-state index < -0.39 is 5.97 Å². The van der Waals surface area contributed by atoms with Gasteiger partial charge < -0.3 is 15.7 Å². The topological polar surface area (TPSA) is 78.4 Å². The number of carbonyl (C=O) groups is 2. The Labute approximate surface area is 102 Å². The van der Waals surface area contributed by atoms with E-state index in [1.807, 2.05) is 6.92 Å². The molecule has 98 valence electrons. The number of carboxylic acid groups (broad SMARTS) is 1. The maximum atomic E-state index is 11.5. The first-order chi connectivity index (χ1) is 8.09. The molecule has 1 unspecified atom stereocenters. The number of carboxylic acids is 1. The highest BCUT2D eigenvalue weighted by Crippen LogP contribution is 2.27. The van der Waals surface area contributed by atoms with Crippen molar-refractivity contribution in [3.63, 3.8) is 0 Å². The fourth-order valence-corrected chi connectivity index (χ4v) is 2.27. The van der Waals surface area contributed by atoms with Gasteiger partial charge in [-0.25, -0.2) is 4.79 Å². The molecule has 1 fully saturated rings. The summed E-state index contributed by atoms with van der Waals surface area (Å²) in [5.74, 6) is -0.230. The molecular formula is C12H22N2O3. The fraction of sp³-hybridized carbons (Fsp3) is 0.833. The van der Waals surface area contributed by atoms with Crippen molar-refractivity contribution < 1.29 is 14.7 Å². The molecule has 0 aromatic rings. The summed E-state index contributed by atoms with van der Waals surface area (Å²) in [6.45, 7) is 2.45. The van der Waals surface area contributed by atoms with E-state index in [4.69, 9.17) is 5.11 Å². The molecule has 0 spiro atoms. The summed E-state index contributed by atoms with van der Waals surface area (Å²) in [5.41, 5.74) is 0. The quantitative estimate of drug-likeness (QED) is 0.621. The van der Waals surface area contributed by atoms with Crippen LogP contribution in [0.3, 0.4) is 0 Å². The van der Waals surface area contributed by atoms with E-state index in [9.17, 15) is 9.59 Å². The summed E-state index contributed by atoms with van der Waals surface area (Å²) in [4.78, 5) is 21.8. The minimum absolute atomic E-state index is 0.0957. The van der Waals surface area contributed by atoms with Crippen molar-refractivity contribution in [3.05, 3.63) is 0 Å². The van der Waals surface area contributed by atoms with E-state index in [0.29, 0.717) is 18.9 Å². The molecule has 0 bridgehead atoms. The third-order valence-electron chi connectivity index (χ3n) is 3.32. The lowest BCUT2D eigenvalue weighted by atomic mass is 10.0. The summed E-state index contributed by atoms with van der Waals surface area (Å²) in [6.07, 6.45) is 5.48. The van der Waals surface area contributed by atoms with Gasteiger partial charge in [-0.3, -0.25) is 4.79 Å². The van der Waals surface area contributed by atoms with E-state index in [2.05, 4.69) is 10.6 Å². The Morgan fingerprint density at radius 2 is 2.00 bits per heavy atom. The Bertz CT molecular complexity index is 262. The number of aliphatic carboxylic acids is 1. The second-order valence-electron chi connectivity index (χ2n) is 4.73. The molecule has 0 saturated heterocycles. The van der Waals surface area contributed by atoms with Gasteiger partial charge in [0.1, 0.15) is 0 Å². The maximum absolute atomic E-state index is 11.5. The Hall–Kier alpha value is -1.26. The molecule has 1 aliphatic rings. The van der Waals surface area contributed by atoms with Crippen molar-refractivity contribution in [2.24, 2.45) is 5.92 Å². The van der Waals surface area contributed by atoms with Crippen LogP contribution >= 0.6 is 0 Å². The van der Waals surface area contributed by atoms with Gasteiger partial charge in [0.05, 0.1) is 0 Å². The van der Waals surface area contributed by atoms with Crippen LogP contribution in [0.25, 0.3) is 0 Å². The van der Waals surface area contributed by atoms with Crippen LogP contribution < -0.4 is 10.6 Å². The van der Waals surface area contributed by atoms with E-state index in [1.54, 1.807) is 0 Å². The Balaban J connectivity index is 2.09. The number of hydrogen-bond acceptors (Lipinski definition) is 2. The molecule has 0 aromatic carbocycles. The van der Waals surface area contributed by atoms with Gasteiger partial charge in [0.2, 0.25) is 0 Å². The highest BCUT2D eigenvalue weighted by Gasteiger charge is 2.22. The molecule has 1 aliphatic carbocycles. The van der Waals surface area contributed by atoms with Crippen molar-refractivity contribution in [1.82, 2.24) is 10.6 Å². The largest absolute Gasteiger partial charge is 0.481 e. The molecule has 1 rings (SSSR count). The van der Waals surface area contributed by atoms with E-state index in [0.717, 1.165) is 0 Å². The molecule has 5 nitrogen and oxygen atoms in total. The van der Waals surface area contributed by atoms with Gasteiger partial charge in [-0.2, -0.15) is 0 Å². The van der Waals surface area contributed by atoms with Crippen LogP contribution in [0.1, 0.15) is 45.4 Å². The molecular weight excluding hydrogens is 220 g/mol. The van der Waals surface area contributed by atoms with Gasteiger partial charge in [-0.15, -0.1) is 0 Å². The molecule has 1 saturated carbocycles. The Morgan fingerprint density at radius 1 is 1.35 bits per heavy atom. The van der Waals surface area contributed by atoms with Gasteiger partial charge in [0, 0.05) is 19.0 Å². The zero-order valence-corrected chi connectivity index (χ0v) is 10.4. The van der Waals surface area contributed by atoms with Gasteiger partial charge >= 0.3 is 12.0 Å². The number of hydrogen-bond donors (Lipinski definition) is 3. The lowest BCUT2D eigenvalue weighted by molar-refractivity contribution is -0.137. The minimum Gasteiger partial charge on any atom is -0.481 e. The SMILES string of the molecule is CC(NC(=O)NCCCC(=O)O)C1CCCC1. The van der Waals surface area contributed by atoms with Crippen molar-refractivity contribution in [3.8, 4) is 0 Å². The van der Waals surface area contributed by atoms with Crippen LogP contribution in [-0.2, 0) is 4.79 Å². The van der Waals surface area contributed by atoms with Gasteiger partial charge in [0.25, 0.3) is 0 Å². The first-order valence-electron chi connectivity index (χ1n) is 6.35. The van der Waals surface area contributed by atoms with E-state index in [1.165, 1.54) is 25.7 Å². The summed E-state index contributed by atoms with van der Waals surface area (Å²) in [6, 6.07) is 0.0202. The Morgan fingerprint density at radius 3 is 2.59 bits per heavy atom. The van der Waals surface area contributed by atoms with Crippen LogP contribution in [0.4, 0.5) is 4.79 Å². The predicted octanol–water partition coefficient (Wildman–Crippen LogP) is 1.73. The van der Waals surface area contributed by atoms with Crippen molar-refractivity contribution in [2.45, 2.75) is 51.5 Å². The standard InChI is InChI=1S/C12H22N2O3/c1-9(10-5-2-3-6-10)14-12(17)13-8-4-7-11(15)16/h9-10H,2-8H2,1H3,(H,15,16)(H2,13,14,17). The average Bonchev–Trinajstić information content (AvgIpc) is 2.77. The molecule has 5 heteroatoms. The molecule has 0 aromatic heterocycles. The molecule has 0 heterocycles. The van der Waals surface area contributed by atoms with E-state index >= 15 is 0 Å². The van der Waals surface area contributed by atoms with Crippen LogP contribution in [0.15, 0.2) is 0 Å². The zero-order valence-electron chi connectivity index (χ0n) is 10.4. The monoisotopic (exact) mass is 242 g/mol. The smallest absolute Gasteiger partial charge is 0.315 e. The third kappa shape index (κ3) is 5.56. The zero-order chi connectivity index (χ0) is 12.7. The molecule has 2 amide bonds. The molecule has 3 N–H and O–H groups in total. The molecule has 1 atom stereocenters. The van der Waals surface area contributed by atoms with Crippen LogP contribution in [0.2, 0.25) is 0 Å². The first kappa shape index (κ1) is 13.8. The maximum Gasteiger partial charge on any atom is 0.315 e.